The third-order valence-corrected chi connectivity index (χ3v) is 6.02. The molecule has 2 aromatic rings. The van der Waals surface area contributed by atoms with Gasteiger partial charge in [-0.3, -0.25) is 9.59 Å². The molecule has 2 atom stereocenters. The molecule has 0 aromatic carbocycles. The first-order valence-corrected chi connectivity index (χ1v) is 11.0. The number of amides is 1. The standard InChI is InChI=1S/C20H22ClF3N6O4/c21-17-15(10-27-28-18(17)32)33-11-14-2-1-13(34-14)7-16(31)29-3-5-30(6-4-29)19-25-8-12(9-26-19)20(22,23)24/h8-10,13-14H,1-7,11H2,(H,28,32)/t13-,14-/m1/s1. The van der Waals surface area contributed by atoms with Crippen LogP contribution in [0.15, 0.2) is 23.4 Å². The molecule has 2 fully saturated rings. The maximum Gasteiger partial charge on any atom is 0.419 e. The average Bonchev–Trinajstić information content (AvgIpc) is 3.27. The summed E-state index contributed by atoms with van der Waals surface area (Å²) in [4.78, 5) is 35.2. The van der Waals surface area contributed by atoms with Crippen molar-refractivity contribution < 1.29 is 27.4 Å². The molecule has 2 saturated heterocycles. The van der Waals surface area contributed by atoms with E-state index in [1.54, 1.807) is 9.80 Å². The van der Waals surface area contributed by atoms with Gasteiger partial charge in [0.1, 0.15) is 6.61 Å². The number of hydrogen-bond acceptors (Lipinski definition) is 8. The largest absolute Gasteiger partial charge is 0.487 e. The fourth-order valence-electron chi connectivity index (χ4n) is 3.81. The number of H-pyrrole nitrogens is 1. The van der Waals surface area contributed by atoms with Crippen molar-refractivity contribution >= 4 is 23.5 Å². The highest BCUT2D eigenvalue weighted by Crippen LogP contribution is 2.29. The van der Waals surface area contributed by atoms with Crippen LogP contribution >= 0.6 is 11.6 Å². The van der Waals surface area contributed by atoms with E-state index in [1.165, 1.54) is 6.20 Å². The number of carbonyl (C=O) groups is 1. The number of halogens is 4. The van der Waals surface area contributed by atoms with E-state index in [0.29, 0.717) is 39.0 Å². The molecule has 0 bridgehead atoms. The Labute approximate surface area is 197 Å². The van der Waals surface area contributed by atoms with Gasteiger partial charge in [-0.1, -0.05) is 11.6 Å². The summed E-state index contributed by atoms with van der Waals surface area (Å²) in [7, 11) is 0. The third-order valence-electron chi connectivity index (χ3n) is 5.67. The molecule has 0 saturated carbocycles. The summed E-state index contributed by atoms with van der Waals surface area (Å²) in [6.45, 7) is 1.85. The SMILES string of the molecule is O=C(C[C@H]1CC[C@H](COc2cn[nH]c(=O)c2Cl)O1)N1CCN(c2ncc(C(F)(F)F)cn2)CC1. The molecule has 184 valence electrons. The molecule has 2 aliphatic rings. The van der Waals surface area contributed by atoms with Crippen LogP contribution in [0.25, 0.3) is 0 Å². The number of nitrogens with zero attached hydrogens (tertiary/aromatic N) is 5. The van der Waals surface area contributed by atoms with Crippen LogP contribution in [0.1, 0.15) is 24.8 Å². The van der Waals surface area contributed by atoms with Gasteiger partial charge in [0.2, 0.25) is 11.9 Å². The molecule has 10 nitrogen and oxygen atoms in total. The molecule has 1 amide bonds. The van der Waals surface area contributed by atoms with Crippen LogP contribution in [-0.4, -0.2) is 76.0 Å². The summed E-state index contributed by atoms with van der Waals surface area (Å²) in [5.74, 6) is 0.322. The Balaban J connectivity index is 1.21. The summed E-state index contributed by atoms with van der Waals surface area (Å²) in [5.41, 5.74) is -1.44. The summed E-state index contributed by atoms with van der Waals surface area (Å²) < 4.78 is 49.4. The smallest absolute Gasteiger partial charge is 0.419 e. The van der Waals surface area contributed by atoms with Gasteiger partial charge in [-0.15, -0.1) is 0 Å². The van der Waals surface area contributed by atoms with Gasteiger partial charge in [0.25, 0.3) is 5.56 Å². The van der Waals surface area contributed by atoms with Crippen LogP contribution in [0.2, 0.25) is 5.02 Å². The zero-order valence-corrected chi connectivity index (χ0v) is 18.7. The van der Waals surface area contributed by atoms with Gasteiger partial charge in [0.05, 0.1) is 30.4 Å². The number of ether oxygens (including phenoxy) is 2. The molecule has 0 spiro atoms. The fraction of sp³-hybridized carbons (Fsp3) is 0.550. The van der Waals surface area contributed by atoms with Crippen LogP contribution < -0.4 is 15.2 Å². The Bertz CT molecular complexity index is 1060. The van der Waals surface area contributed by atoms with Crippen LogP contribution in [-0.2, 0) is 15.7 Å². The van der Waals surface area contributed by atoms with Crippen LogP contribution in [0, 0.1) is 0 Å². The minimum absolute atomic E-state index is 0.0543. The van der Waals surface area contributed by atoms with Gasteiger partial charge in [-0.05, 0) is 12.8 Å². The molecule has 1 N–H and O–H groups in total. The maximum absolute atomic E-state index is 12.7. The lowest BCUT2D eigenvalue weighted by Gasteiger charge is -2.35. The molecular formula is C20H22ClF3N6O4. The van der Waals surface area contributed by atoms with Crippen molar-refractivity contribution in [3.63, 3.8) is 0 Å². The zero-order chi connectivity index (χ0) is 24.3. The van der Waals surface area contributed by atoms with Crippen LogP contribution in [0.4, 0.5) is 19.1 Å². The predicted molar refractivity (Wildman–Crippen MR) is 114 cm³/mol. The highest BCUT2D eigenvalue weighted by molar-refractivity contribution is 6.31. The lowest BCUT2D eigenvalue weighted by Crippen LogP contribution is -2.49. The van der Waals surface area contributed by atoms with E-state index in [0.717, 1.165) is 12.4 Å². The number of aromatic amines is 1. The molecule has 34 heavy (non-hydrogen) atoms. The molecule has 14 heteroatoms. The fourth-order valence-corrected chi connectivity index (χ4v) is 3.96. The van der Waals surface area contributed by atoms with E-state index in [-0.39, 0.29) is 47.9 Å². The molecule has 4 heterocycles. The number of aromatic nitrogens is 4. The first kappa shape index (κ1) is 24.2. The first-order chi connectivity index (χ1) is 16.2. The Morgan fingerprint density at radius 3 is 2.50 bits per heavy atom. The number of alkyl halides is 3. The number of rotatable bonds is 6. The topological polar surface area (TPSA) is 114 Å². The Morgan fingerprint density at radius 1 is 1.15 bits per heavy atom. The highest BCUT2D eigenvalue weighted by Gasteiger charge is 2.33. The Hall–Kier alpha value is -2.93. The van der Waals surface area contributed by atoms with Crippen molar-refractivity contribution in [1.82, 2.24) is 25.1 Å². The lowest BCUT2D eigenvalue weighted by molar-refractivity contribution is -0.138. The van der Waals surface area contributed by atoms with Crippen molar-refractivity contribution in [2.45, 2.75) is 37.6 Å². The number of piperazine rings is 1. The van der Waals surface area contributed by atoms with Gasteiger partial charge < -0.3 is 19.3 Å². The van der Waals surface area contributed by atoms with E-state index in [2.05, 4.69) is 20.2 Å². The van der Waals surface area contributed by atoms with Crippen molar-refractivity contribution in [3.8, 4) is 5.75 Å². The number of anilines is 1. The number of nitrogens with one attached hydrogen (secondary N) is 1. The molecule has 0 unspecified atom stereocenters. The number of hydrogen-bond donors (Lipinski definition) is 1. The van der Waals surface area contributed by atoms with Crippen molar-refractivity contribution in [2.75, 3.05) is 37.7 Å². The Morgan fingerprint density at radius 2 is 1.82 bits per heavy atom. The van der Waals surface area contributed by atoms with Crippen molar-refractivity contribution in [3.05, 3.63) is 39.5 Å². The molecule has 0 aliphatic carbocycles. The maximum atomic E-state index is 12.7. The van der Waals surface area contributed by atoms with Crippen LogP contribution in [0.3, 0.4) is 0 Å². The van der Waals surface area contributed by atoms with E-state index in [4.69, 9.17) is 21.1 Å². The second-order valence-corrected chi connectivity index (χ2v) is 8.37. The van der Waals surface area contributed by atoms with Gasteiger partial charge >= 0.3 is 6.18 Å². The minimum atomic E-state index is -4.48. The molecule has 0 radical (unpaired) electrons. The highest BCUT2D eigenvalue weighted by atomic mass is 35.5. The average molecular weight is 503 g/mol. The van der Waals surface area contributed by atoms with Crippen molar-refractivity contribution in [2.24, 2.45) is 0 Å². The molecule has 4 rings (SSSR count). The zero-order valence-electron chi connectivity index (χ0n) is 17.9. The van der Waals surface area contributed by atoms with E-state index in [1.807, 2.05) is 0 Å². The predicted octanol–water partition coefficient (Wildman–Crippen LogP) is 1.90. The molecular weight excluding hydrogens is 481 g/mol. The quantitative estimate of drug-likeness (QED) is 0.637. The third kappa shape index (κ3) is 5.76. The van der Waals surface area contributed by atoms with E-state index in [9.17, 15) is 22.8 Å². The second-order valence-electron chi connectivity index (χ2n) is 7.99. The van der Waals surface area contributed by atoms with Gasteiger partial charge in [0.15, 0.2) is 10.8 Å². The van der Waals surface area contributed by atoms with Crippen LogP contribution in [0.5, 0.6) is 5.75 Å². The first-order valence-electron chi connectivity index (χ1n) is 10.6. The normalized spacial score (nSPS) is 21.1. The number of carbonyl (C=O) groups excluding carboxylic acids is 1. The lowest BCUT2D eigenvalue weighted by atomic mass is 10.1. The van der Waals surface area contributed by atoms with Crippen molar-refractivity contribution in [1.29, 1.82) is 0 Å². The van der Waals surface area contributed by atoms with Gasteiger partial charge in [0, 0.05) is 38.6 Å². The Kier molecular flexibility index (Phi) is 7.22. The monoisotopic (exact) mass is 502 g/mol. The van der Waals surface area contributed by atoms with E-state index >= 15 is 0 Å². The summed E-state index contributed by atoms with van der Waals surface area (Å²) in [6.07, 6.45) is -0.509. The molecule has 2 aliphatic heterocycles. The second kappa shape index (κ2) is 10.1. The molecule has 2 aromatic heterocycles. The summed E-state index contributed by atoms with van der Waals surface area (Å²) in [6, 6.07) is 0. The van der Waals surface area contributed by atoms with Gasteiger partial charge in [-0.2, -0.15) is 18.3 Å². The minimum Gasteiger partial charge on any atom is -0.487 e. The summed E-state index contributed by atoms with van der Waals surface area (Å²) in [5, 5.41) is 5.76. The van der Waals surface area contributed by atoms with E-state index < -0.39 is 17.3 Å². The van der Waals surface area contributed by atoms with Gasteiger partial charge in [-0.25, -0.2) is 15.1 Å². The summed E-state index contributed by atoms with van der Waals surface area (Å²) >= 11 is 5.88.